The molecule has 30 heavy (non-hydrogen) atoms. The van der Waals surface area contributed by atoms with Crippen molar-refractivity contribution in [3.63, 3.8) is 0 Å². The molecule has 0 N–H and O–H groups in total. The van der Waals surface area contributed by atoms with E-state index in [4.69, 9.17) is 5.26 Å². The maximum Gasteiger partial charge on any atom is 0.243 e. The van der Waals surface area contributed by atoms with Crippen molar-refractivity contribution in [3.8, 4) is 6.07 Å². The highest BCUT2D eigenvalue weighted by molar-refractivity contribution is 7.89. The van der Waals surface area contributed by atoms with Gasteiger partial charge in [-0.25, -0.2) is 8.42 Å². The molecule has 0 saturated carbocycles. The monoisotopic (exact) mass is 423 g/mol. The molecule has 0 atom stereocenters. The van der Waals surface area contributed by atoms with E-state index >= 15 is 0 Å². The number of amides is 1. The Kier molecular flexibility index (Phi) is 5.89. The van der Waals surface area contributed by atoms with Gasteiger partial charge in [-0.1, -0.05) is 18.6 Å². The number of hydrogen-bond donors (Lipinski definition) is 0. The lowest BCUT2D eigenvalue weighted by Gasteiger charge is -2.26. The van der Waals surface area contributed by atoms with Gasteiger partial charge in [0.1, 0.15) is 0 Å². The van der Waals surface area contributed by atoms with E-state index in [1.807, 2.05) is 12.1 Å². The number of nitriles is 1. The van der Waals surface area contributed by atoms with Gasteiger partial charge in [0.2, 0.25) is 15.9 Å². The predicted octanol–water partition coefficient (Wildman–Crippen LogP) is 3.25. The van der Waals surface area contributed by atoms with Gasteiger partial charge in [-0.3, -0.25) is 4.79 Å². The molecule has 0 unspecified atom stereocenters. The number of fused-ring (bicyclic) bond motifs is 1. The van der Waals surface area contributed by atoms with Crippen LogP contribution in [0, 0.1) is 11.3 Å². The van der Waals surface area contributed by atoms with Crippen LogP contribution < -0.4 is 4.90 Å². The van der Waals surface area contributed by atoms with Crippen LogP contribution in [-0.2, 0) is 27.7 Å². The van der Waals surface area contributed by atoms with Gasteiger partial charge in [0.15, 0.2) is 0 Å². The summed E-state index contributed by atoms with van der Waals surface area (Å²) in [7, 11) is -3.47. The van der Waals surface area contributed by atoms with E-state index in [0.717, 1.165) is 36.1 Å². The standard InChI is InChI=1S/C23H25N3O3S/c24-17-19-6-4-18(5-7-19)8-11-23(27)26-15-12-20-16-21(9-10-22(20)26)30(28,29)25-13-2-1-3-14-25/h4-7,9-10,16H,1-3,8,11-15H2. The van der Waals surface area contributed by atoms with Gasteiger partial charge >= 0.3 is 0 Å². The van der Waals surface area contributed by atoms with E-state index in [1.54, 1.807) is 39.5 Å². The Morgan fingerprint density at radius 2 is 1.73 bits per heavy atom. The molecule has 1 saturated heterocycles. The van der Waals surface area contributed by atoms with Crippen LogP contribution in [0.5, 0.6) is 0 Å². The van der Waals surface area contributed by atoms with E-state index in [-0.39, 0.29) is 5.91 Å². The third-order valence-corrected chi connectivity index (χ3v) is 7.81. The van der Waals surface area contributed by atoms with Gasteiger partial charge in [0.05, 0.1) is 16.5 Å². The van der Waals surface area contributed by atoms with Crippen molar-refractivity contribution in [3.05, 3.63) is 59.2 Å². The van der Waals surface area contributed by atoms with Gasteiger partial charge in [0, 0.05) is 31.7 Å². The average molecular weight is 424 g/mol. The van der Waals surface area contributed by atoms with Crippen LogP contribution in [0.15, 0.2) is 47.4 Å². The molecule has 0 radical (unpaired) electrons. The van der Waals surface area contributed by atoms with Crippen LogP contribution in [0.4, 0.5) is 5.69 Å². The first-order chi connectivity index (χ1) is 14.5. The predicted molar refractivity (Wildman–Crippen MR) is 115 cm³/mol. The Bertz CT molecular complexity index is 1080. The minimum Gasteiger partial charge on any atom is -0.312 e. The quantitative estimate of drug-likeness (QED) is 0.739. The molecule has 7 heteroatoms. The Morgan fingerprint density at radius 1 is 1.00 bits per heavy atom. The maximum absolute atomic E-state index is 12.9. The van der Waals surface area contributed by atoms with E-state index in [2.05, 4.69) is 6.07 Å². The number of aryl methyl sites for hydroxylation is 1. The van der Waals surface area contributed by atoms with Crippen molar-refractivity contribution in [2.45, 2.75) is 43.4 Å². The topological polar surface area (TPSA) is 81.5 Å². The zero-order valence-electron chi connectivity index (χ0n) is 16.9. The molecule has 4 rings (SSSR count). The van der Waals surface area contributed by atoms with Crippen molar-refractivity contribution in [2.24, 2.45) is 0 Å². The number of anilines is 1. The number of carbonyl (C=O) groups is 1. The summed E-state index contributed by atoms with van der Waals surface area (Å²) in [6.45, 7) is 1.74. The Labute approximate surface area is 177 Å². The summed E-state index contributed by atoms with van der Waals surface area (Å²) in [5.41, 5.74) is 3.36. The molecule has 2 heterocycles. The lowest BCUT2D eigenvalue weighted by atomic mass is 10.1. The smallest absolute Gasteiger partial charge is 0.243 e. The van der Waals surface area contributed by atoms with Crippen LogP contribution in [-0.4, -0.2) is 38.3 Å². The van der Waals surface area contributed by atoms with E-state index in [9.17, 15) is 13.2 Å². The summed E-state index contributed by atoms with van der Waals surface area (Å²) >= 11 is 0. The van der Waals surface area contributed by atoms with Gasteiger partial charge in [0.25, 0.3) is 0 Å². The first-order valence-corrected chi connectivity index (χ1v) is 11.9. The molecular weight excluding hydrogens is 398 g/mol. The number of sulfonamides is 1. The van der Waals surface area contributed by atoms with Gasteiger partial charge in [-0.2, -0.15) is 9.57 Å². The van der Waals surface area contributed by atoms with Crippen molar-refractivity contribution in [1.29, 1.82) is 5.26 Å². The van der Waals surface area contributed by atoms with Crippen molar-refractivity contribution in [2.75, 3.05) is 24.5 Å². The lowest BCUT2D eigenvalue weighted by Crippen LogP contribution is -2.35. The number of nitrogens with zero attached hydrogens (tertiary/aromatic N) is 3. The number of piperidine rings is 1. The van der Waals surface area contributed by atoms with Crippen molar-refractivity contribution in [1.82, 2.24) is 4.31 Å². The summed E-state index contributed by atoms with van der Waals surface area (Å²) in [5.74, 6) is 0.0322. The number of benzene rings is 2. The molecule has 0 spiro atoms. The largest absolute Gasteiger partial charge is 0.312 e. The SMILES string of the molecule is N#Cc1ccc(CCC(=O)N2CCc3cc(S(=O)(=O)N4CCCCC4)ccc32)cc1. The van der Waals surface area contributed by atoms with Crippen LogP contribution >= 0.6 is 0 Å². The normalized spacial score (nSPS) is 16.8. The van der Waals surface area contributed by atoms with Crippen LogP contribution in [0.2, 0.25) is 0 Å². The third kappa shape index (κ3) is 4.11. The van der Waals surface area contributed by atoms with Crippen molar-refractivity contribution >= 4 is 21.6 Å². The molecule has 1 fully saturated rings. The molecular formula is C23H25N3O3S. The Hall–Kier alpha value is -2.69. The highest BCUT2D eigenvalue weighted by Gasteiger charge is 2.29. The highest BCUT2D eigenvalue weighted by Crippen LogP contribution is 2.32. The fourth-order valence-corrected chi connectivity index (χ4v) is 5.75. The second-order valence-corrected chi connectivity index (χ2v) is 9.80. The average Bonchev–Trinajstić information content (AvgIpc) is 3.22. The van der Waals surface area contributed by atoms with Gasteiger partial charge in [-0.15, -0.1) is 0 Å². The summed E-state index contributed by atoms with van der Waals surface area (Å²) in [4.78, 5) is 14.9. The molecule has 2 aliphatic heterocycles. The molecule has 2 aromatic rings. The zero-order chi connectivity index (χ0) is 21.1. The van der Waals surface area contributed by atoms with E-state index < -0.39 is 10.0 Å². The van der Waals surface area contributed by atoms with Gasteiger partial charge < -0.3 is 4.90 Å². The van der Waals surface area contributed by atoms with Crippen LogP contribution in [0.1, 0.15) is 42.4 Å². The van der Waals surface area contributed by atoms with E-state index in [0.29, 0.717) is 49.4 Å². The summed E-state index contributed by atoms with van der Waals surface area (Å²) in [6, 6.07) is 14.5. The second kappa shape index (κ2) is 8.58. The minimum atomic E-state index is -3.47. The summed E-state index contributed by atoms with van der Waals surface area (Å²) < 4.78 is 27.4. The minimum absolute atomic E-state index is 0.0322. The molecule has 2 aromatic carbocycles. The van der Waals surface area contributed by atoms with Gasteiger partial charge in [-0.05, 0) is 67.1 Å². The zero-order valence-corrected chi connectivity index (χ0v) is 17.7. The molecule has 0 aliphatic carbocycles. The molecule has 1 amide bonds. The third-order valence-electron chi connectivity index (χ3n) is 5.91. The molecule has 0 aromatic heterocycles. The first kappa shape index (κ1) is 20.6. The maximum atomic E-state index is 12.9. The van der Waals surface area contributed by atoms with Crippen molar-refractivity contribution < 1.29 is 13.2 Å². The second-order valence-electron chi connectivity index (χ2n) is 7.86. The fourth-order valence-electron chi connectivity index (χ4n) is 4.18. The molecule has 2 aliphatic rings. The summed E-state index contributed by atoms with van der Waals surface area (Å²) in [6.07, 6.45) is 4.55. The molecule has 6 nitrogen and oxygen atoms in total. The fraction of sp³-hybridized carbons (Fsp3) is 0.391. The number of carbonyl (C=O) groups excluding carboxylic acids is 1. The number of hydrogen-bond acceptors (Lipinski definition) is 4. The molecule has 0 bridgehead atoms. The Balaban J connectivity index is 1.45. The highest BCUT2D eigenvalue weighted by atomic mass is 32.2. The lowest BCUT2D eigenvalue weighted by molar-refractivity contribution is -0.118. The Morgan fingerprint density at radius 3 is 2.43 bits per heavy atom. The summed E-state index contributed by atoms with van der Waals surface area (Å²) in [5, 5.41) is 8.88. The molecule has 156 valence electrons. The first-order valence-electron chi connectivity index (χ1n) is 10.4. The van der Waals surface area contributed by atoms with Crippen LogP contribution in [0.3, 0.4) is 0 Å². The van der Waals surface area contributed by atoms with Crippen LogP contribution in [0.25, 0.3) is 0 Å². The van der Waals surface area contributed by atoms with E-state index in [1.165, 1.54) is 0 Å². The number of rotatable bonds is 5.